The normalized spacial score (nSPS) is 20.1. The molecule has 0 spiro atoms. The van der Waals surface area contributed by atoms with Crippen molar-refractivity contribution < 1.29 is 4.74 Å². The van der Waals surface area contributed by atoms with Gasteiger partial charge in [0.1, 0.15) is 5.75 Å². The first-order valence-electron chi connectivity index (χ1n) is 11.4. The van der Waals surface area contributed by atoms with E-state index in [4.69, 9.17) is 9.72 Å². The highest BCUT2D eigenvalue weighted by molar-refractivity contribution is 5.70. The van der Waals surface area contributed by atoms with Crippen molar-refractivity contribution in [3.8, 4) is 17.0 Å². The Bertz CT molecular complexity index is 797. The van der Waals surface area contributed by atoms with Crippen molar-refractivity contribution in [2.75, 3.05) is 19.7 Å². The van der Waals surface area contributed by atoms with Gasteiger partial charge in [0, 0.05) is 42.5 Å². The fourth-order valence-corrected chi connectivity index (χ4v) is 4.99. The molecule has 0 bridgehead atoms. The maximum atomic E-state index is 6.16. The van der Waals surface area contributed by atoms with Crippen LogP contribution in [-0.2, 0) is 19.4 Å². The van der Waals surface area contributed by atoms with Gasteiger partial charge in [0.2, 0.25) is 0 Å². The average Bonchev–Trinajstić information content (AvgIpc) is 2.69. The second kappa shape index (κ2) is 9.75. The Morgan fingerprint density at radius 2 is 1.66 bits per heavy atom. The second-order valence-corrected chi connectivity index (χ2v) is 8.80. The molecular formula is C26H38N2O. The lowest BCUT2D eigenvalue weighted by molar-refractivity contribution is 0.132. The van der Waals surface area contributed by atoms with Crippen molar-refractivity contribution in [2.45, 2.75) is 67.3 Å². The lowest BCUT2D eigenvalue weighted by Crippen LogP contribution is -2.38. The van der Waals surface area contributed by atoms with Crippen LogP contribution in [0.5, 0.6) is 5.75 Å². The van der Waals surface area contributed by atoms with Crippen molar-refractivity contribution in [2.24, 2.45) is 11.8 Å². The summed E-state index contributed by atoms with van der Waals surface area (Å²) in [6.07, 6.45) is 3.36. The van der Waals surface area contributed by atoms with Crippen LogP contribution in [0.15, 0.2) is 24.3 Å². The first kappa shape index (κ1) is 21.8. The van der Waals surface area contributed by atoms with E-state index in [2.05, 4.69) is 70.7 Å². The van der Waals surface area contributed by atoms with E-state index in [1.165, 1.54) is 28.7 Å². The summed E-state index contributed by atoms with van der Waals surface area (Å²) in [7, 11) is 0. The SMILES string of the molecule is CCOc1cc(-c2c(CC)cccc2CC)nc(C)c1CN1C[C@H](C)C[C@H](C)C1. The van der Waals surface area contributed by atoms with Gasteiger partial charge in [-0.3, -0.25) is 9.88 Å². The van der Waals surface area contributed by atoms with E-state index in [1.54, 1.807) is 0 Å². The number of likely N-dealkylation sites (tertiary alicyclic amines) is 1. The second-order valence-electron chi connectivity index (χ2n) is 8.80. The highest BCUT2D eigenvalue weighted by Gasteiger charge is 2.24. The minimum Gasteiger partial charge on any atom is -0.493 e. The summed E-state index contributed by atoms with van der Waals surface area (Å²) in [5, 5.41) is 0. The zero-order valence-electron chi connectivity index (χ0n) is 19.2. The van der Waals surface area contributed by atoms with Crippen molar-refractivity contribution in [1.82, 2.24) is 9.88 Å². The Labute approximate surface area is 177 Å². The van der Waals surface area contributed by atoms with Gasteiger partial charge in [0.25, 0.3) is 0 Å². The predicted octanol–water partition coefficient (Wildman–Crippen LogP) is 6.06. The van der Waals surface area contributed by atoms with Crippen LogP contribution >= 0.6 is 0 Å². The maximum Gasteiger partial charge on any atom is 0.127 e. The molecule has 0 aliphatic carbocycles. The molecule has 3 rings (SSSR count). The smallest absolute Gasteiger partial charge is 0.127 e. The monoisotopic (exact) mass is 394 g/mol. The standard InChI is InChI=1S/C26H38N2O/c1-7-21-11-10-12-22(8-2)26(21)24-14-25(29-9-3)23(20(6)27-24)17-28-15-18(4)13-19(5)16-28/h10-12,14,18-19H,7-9,13,15-17H2,1-6H3/t18-,19+. The summed E-state index contributed by atoms with van der Waals surface area (Å²) < 4.78 is 6.16. The van der Waals surface area contributed by atoms with Crippen molar-refractivity contribution in [1.29, 1.82) is 0 Å². The number of ether oxygens (including phenoxy) is 1. The van der Waals surface area contributed by atoms with E-state index >= 15 is 0 Å². The first-order chi connectivity index (χ1) is 14.0. The van der Waals surface area contributed by atoms with Crippen LogP contribution in [0.25, 0.3) is 11.3 Å². The number of aryl methyl sites for hydroxylation is 3. The lowest BCUT2D eigenvalue weighted by Gasteiger charge is -2.35. The Kier molecular flexibility index (Phi) is 7.34. The molecule has 3 heteroatoms. The molecule has 29 heavy (non-hydrogen) atoms. The molecule has 1 aliphatic heterocycles. The zero-order chi connectivity index (χ0) is 21.0. The molecule has 1 fully saturated rings. The zero-order valence-corrected chi connectivity index (χ0v) is 19.2. The van der Waals surface area contributed by atoms with Gasteiger partial charge in [0.05, 0.1) is 12.3 Å². The highest BCUT2D eigenvalue weighted by atomic mass is 16.5. The summed E-state index contributed by atoms with van der Waals surface area (Å²) in [6, 6.07) is 8.83. The third kappa shape index (κ3) is 5.01. The quantitative estimate of drug-likeness (QED) is 0.571. The maximum absolute atomic E-state index is 6.16. The van der Waals surface area contributed by atoms with Crippen LogP contribution < -0.4 is 4.74 Å². The van der Waals surface area contributed by atoms with E-state index < -0.39 is 0 Å². The largest absolute Gasteiger partial charge is 0.493 e. The molecule has 0 radical (unpaired) electrons. The topological polar surface area (TPSA) is 25.4 Å². The van der Waals surface area contributed by atoms with E-state index in [0.717, 1.165) is 61.4 Å². The van der Waals surface area contributed by atoms with Gasteiger partial charge in [-0.15, -0.1) is 0 Å². The number of pyridine rings is 1. The van der Waals surface area contributed by atoms with Crippen LogP contribution in [-0.4, -0.2) is 29.6 Å². The van der Waals surface area contributed by atoms with Crippen LogP contribution in [0.1, 0.15) is 63.4 Å². The summed E-state index contributed by atoms with van der Waals surface area (Å²) in [5.41, 5.74) is 7.45. The highest BCUT2D eigenvalue weighted by Crippen LogP contribution is 2.34. The van der Waals surface area contributed by atoms with Crippen molar-refractivity contribution in [3.63, 3.8) is 0 Å². The van der Waals surface area contributed by atoms with Gasteiger partial charge in [0.15, 0.2) is 0 Å². The molecule has 0 amide bonds. The molecule has 3 nitrogen and oxygen atoms in total. The minimum absolute atomic E-state index is 0.679. The van der Waals surface area contributed by atoms with Crippen LogP contribution in [0.3, 0.4) is 0 Å². The molecule has 2 heterocycles. The molecular weight excluding hydrogens is 356 g/mol. The van der Waals surface area contributed by atoms with E-state index in [-0.39, 0.29) is 0 Å². The molecule has 0 unspecified atom stereocenters. The summed E-state index contributed by atoms with van der Waals surface area (Å²) in [6.45, 7) is 17.3. The molecule has 1 aromatic carbocycles. The van der Waals surface area contributed by atoms with E-state index in [0.29, 0.717) is 6.61 Å². The Morgan fingerprint density at radius 3 is 2.21 bits per heavy atom. The van der Waals surface area contributed by atoms with Gasteiger partial charge in [-0.25, -0.2) is 0 Å². The van der Waals surface area contributed by atoms with Crippen molar-refractivity contribution >= 4 is 0 Å². The van der Waals surface area contributed by atoms with Crippen molar-refractivity contribution in [3.05, 3.63) is 46.6 Å². The number of piperidine rings is 1. The number of rotatable bonds is 7. The summed E-state index contributed by atoms with van der Waals surface area (Å²) in [5.74, 6) is 2.52. The average molecular weight is 395 g/mol. The molecule has 1 aromatic heterocycles. The number of hydrogen-bond acceptors (Lipinski definition) is 3. The molecule has 1 saturated heterocycles. The van der Waals surface area contributed by atoms with Gasteiger partial charge in [-0.05, 0) is 56.1 Å². The first-order valence-corrected chi connectivity index (χ1v) is 11.4. The summed E-state index contributed by atoms with van der Waals surface area (Å²) >= 11 is 0. The Hall–Kier alpha value is -1.87. The van der Waals surface area contributed by atoms with Crippen LogP contribution in [0.2, 0.25) is 0 Å². The number of nitrogens with zero attached hydrogens (tertiary/aromatic N) is 2. The fourth-order valence-electron chi connectivity index (χ4n) is 4.99. The van der Waals surface area contributed by atoms with E-state index in [1.807, 2.05) is 0 Å². The van der Waals surface area contributed by atoms with Gasteiger partial charge in [-0.2, -0.15) is 0 Å². The molecule has 2 atom stereocenters. The third-order valence-electron chi connectivity index (χ3n) is 6.17. The Morgan fingerprint density at radius 1 is 1.03 bits per heavy atom. The van der Waals surface area contributed by atoms with Gasteiger partial charge < -0.3 is 4.74 Å². The number of benzene rings is 1. The molecule has 1 aliphatic rings. The lowest BCUT2D eigenvalue weighted by atomic mass is 9.91. The summed E-state index contributed by atoms with van der Waals surface area (Å²) in [4.78, 5) is 7.69. The number of aromatic nitrogens is 1. The van der Waals surface area contributed by atoms with Gasteiger partial charge >= 0.3 is 0 Å². The van der Waals surface area contributed by atoms with Crippen LogP contribution in [0, 0.1) is 18.8 Å². The van der Waals surface area contributed by atoms with Crippen LogP contribution in [0.4, 0.5) is 0 Å². The fraction of sp³-hybridized carbons (Fsp3) is 0.577. The predicted molar refractivity (Wildman–Crippen MR) is 123 cm³/mol. The molecule has 0 saturated carbocycles. The third-order valence-corrected chi connectivity index (χ3v) is 6.17. The molecule has 0 N–H and O–H groups in total. The van der Waals surface area contributed by atoms with Gasteiger partial charge in [-0.1, -0.05) is 45.9 Å². The van der Waals surface area contributed by atoms with E-state index in [9.17, 15) is 0 Å². The number of hydrogen-bond donors (Lipinski definition) is 0. The molecule has 158 valence electrons. The Balaban J connectivity index is 2.02. The molecule has 2 aromatic rings. The minimum atomic E-state index is 0.679.